The molecule has 1 aromatic rings. The van der Waals surface area contributed by atoms with Gasteiger partial charge in [-0.05, 0) is 36.1 Å². The van der Waals surface area contributed by atoms with Crippen LogP contribution in [0.15, 0.2) is 18.2 Å². The molecule has 0 bridgehead atoms. The Morgan fingerprint density at radius 2 is 2.29 bits per heavy atom. The lowest BCUT2D eigenvalue weighted by Crippen LogP contribution is -2.43. The largest absolute Gasteiger partial charge is 0.465 e. The molecule has 0 aliphatic carbocycles. The van der Waals surface area contributed by atoms with Gasteiger partial charge in [-0.3, -0.25) is 0 Å². The fourth-order valence-electron chi connectivity index (χ4n) is 2.22. The maximum atomic E-state index is 13.1. The van der Waals surface area contributed by atoms with Crippen LogP contribution < -0.4 is 0 Å². The molecule has 1 N–H and O–H groups in total. The first-order chi connectivity index (χ1) is 8.11. The maximum Gasteiger partial charge on any atom is 0.407 e. The Labute approximate surface area is 104 Å². The van der Waals surface area contributed by atoms with Crippen molar-refractivity contribution in [3.63, 3.8) is 0 Å². The van der Waals surface area contributed by atoms with Gasteiger partial charge in [0.2, 0.25) is 0 Å². The van der Waals surface area contributed by atoms with Gasteiger partial charge in [0, 0.05) is 18.5 Å². The number of rotatable bonds is 2. The first kappa shape index (κ1) is 12.2. The number of benzene rings is 1. The lowest BCUT2D eigenvalue weighted by atomic mass is 9.93. The summed E-state index contributed by atoms with van der Waals surface area (Å²) in [7, 11) is 0. The van der Waals surface area contributed by atoms with Gasteiger partial charge in [-0.2, -0.15) is 0 Å². The van der Waals surface area contributed by atoms with E-state index < -0.39 is 6.09 Å². The number of carboxylic acid groups (broad SMARTS) is 1. The molecule has 1 heterocycles. The predicted octanol–water partition coefficient (Wildman–Crippen LogP) is 2.86. The van der Waals surface area contributed by atoms with Gasteiger partial charge in [-0.15, -0.1) is 11.6 Å². The molecule has 5 heteroatoms. The third kappa shape index (κ3) is 2.52. The van der Waals surface area contributed by atoms with Crippen molar-refractivity contribution in [3.05, 3.63) is 35.1 Å². The zero-order valence-corrected chi connectivity index (χ0v) is 9.95. The highest BCUT2D eigenvalue weighted by molar-refractivity contribution is 6.17. The predicted molar refractivity (Wildman–Crippen MR) is 62.8 cm³/mol. The second-order valence-corrected chi connectivity index (χ2v) is 4.54. The van der Waals surface area contributed by atoms with Crippen molar-refractivity contribution in [2.45, 2.75) is 25.4 Å². The van der Waals surface area contributed by atoms with Crippen LogP contribution in [-0.4, -0.2) is 28.0 Å². The normalized spacial score (nSPS) is 18.9. The van der Waals surface area contributed by atoms with E-state index in [0.29, 0.717) is 25.3 Å². The fraction of sp³-hybridized carbons (Fsp3) is 0.417. The monoisotopic (exact) mass is 257 g/mol. The van der Waals surface area contributed by atoms with Crippen LogP contribution in [0.4, 0.5) is 9.18 Å². The Morgan fingerprint density at radius 1 is 1.53 bits per heavy atom. The molecule has 1 aliphatic heterocycles. The molecule has 92 valence electrons. The molecular formula is C12H13ClFNO2. The van der Waals surface area contributed by atoms with Crippen molar-refractivity contribution in [1.29, 1.82) is 0 Å². The summed E-state index contributed by atoms with van der Waals surface area (Å²) in [6.07, 6.45) is 0.172. The van der Waals surface area contributed by atoms with Gasteiger partial charge >= 0.3 is 6.09 Å². The quantitative estimate of drug-likeness (QED) is 0.828. The molecule has 3 nitrogen and oxygen atoms in total. The summed E-state index contributed by atoms with van der Waals surface area (Å²) in [5.41, 5.74) is 1.76. The molecule has 0 aromatic heterocycles. The van der Waals surface area contributed by atoms with Crippen LogP contribution in [0.2, 0.25) is 0 Å². The number of hydrogen-bond acceptors (Lipinski definition) is 1. The Hall–Kier alpha value is -1.29. The molecule has 0 radical (unpaired) electrons. The van der Waals surface area contributed by atoms with Crippen molar-refractivity contribution in [2.24, 2.45) is 0 Å². The van der Waals surface area contributed by atoms with E-state index in [9.17, 15) is 9.18 Å². The number of carbonyl (C=O) groups is 1. The van der Waals surface area contributed by atoms with Gasteiger partial charge < -0.3 is 10.0 Å². The van der Waals surface area contributed by atoms with Gasteiger partial charge in [-0.1, -0.05) is 6.07 Å². The van der Waals surface area contributed by atoms with Gasteiger partial charge in [0.1, 0.15) is 5.82 Å². The summed E-state index contributed by atoms with van der Waals surface area (Å²) >= 11 is 5.67. The Morgan fingerprint density at radius 3 is 2.94 bits per heavy atom. The third-order valence-electron chi connectivity index (χ3n) is 3.09. The number of fused-ring (bicyclic) bond motifs is 1. The van der Waals surface area contributed by atoms with Gasteiger partial charge in [0.05, 0.1) is 0 Å². The molecule has 2 rings (SSSR count). The minimum Gasteiger partial charge on any atom is -0.465 e. The summed E-state index contributed by atoms with van der Waals surface area (Å²) in [6, 6.07) is 4.34. The molecule has 17 heavy (non-hydrogen) atoms. The molecule has 1 atom stereocenters. The van der Waals surface area contributed by atoms with E-state index in [0.717, 1.165) is 11.1 Å². The Bertz CT molecular complexity index is 439. The van der Waals surface area contributed by atoms with Crippen molar-refractivity contribution >= 4 is 17.7 Å². The molecule has 0 saturated heterocycles. The molecule has 1 aromatic carbocycles. The van der Waals surface area contributed by atoms with Gasteiger partial charge in [0.25, 0.3) is 0 Å². The average molecular weight is 258 g/mol. The minimum atomic E-state index is -0.949. The summed E-state index contributed by atoms with van der Waals surface area (Å²) in [5, 5.41) is 9.12. The van der Waals surface area contributed by atoms with Crippen LogP contribution >= 0.6 is 11.6 Å². The molecule has 0 fully saturated rings. The maximum absolute atomic E-state index is 13.1. The highest BCUT2D eigenvalue weighted by Gasteiger charge is 2.29. The SMILES string of the molecule is O=C(O)N1Cc2ccc(F)cc2CC1CCCl. The molecule has 0 spiro atoms. The molecule has 0 saturated carbocycles. The van der Waals surface area contributed by atoms with Gasteiger partial charge in [0.15, 0.2) is 0 Å². The average Bonchev–Trinajstić information content (AvgIpc) is 2.28. The Kier molecular flexibility index (Phi) is 3.52. The fourth-order valence-corrected chi connectivity index (χ4v) is 2.47. The highest BCUT2D eigenvalue weighted by atomic mass is 35.5. The second-order valence-electron chi connectivity index (χ2n) is 4.16. The van der Waals surface area contributed by atoms with Crippen LogP contribution in [0.1, 0.15) is 17.5 Å². The van der Waals surface area contributed by atoms with E-state index in [1.165, 1.54) is 17.0 Å². The smallest absolute Gasteiger partial charge is 0.407 e. The van der Waals surface area contributed by atoms with E-state index in [4.69, 9.17) is 16.7 Å². The summed E-state index contributed by atoms with van der Waals surface area (Å²) in [5.74, 6) is 0.121. The molecule has 1 unspecified atom stereocenters. The van der Waals surface area contributed by atoms with E-state index >= 15 is 0 Å². The number of halogens is 2. The molecule has 1 aliphatic rings. The topological polar surface area (TPSA) is 40.5 Å². The van der Waals surface area contributed by atoms with Crippen LogP contribution in [-0.2, 0) is 13.0 Å². The number of hydrogen-bond donors (Lipinski definition) is 1. The van der Waals surface area contributed by atoms with Crippen LogP contribution in [0.25, 0.3) is 0 Å². The van der Waals surface area contributed by atoms with E-state index in [1.54, 1.807) is 6.07 Å². The molecular weight excluding hydrogens is 245 g/mol. The van der Waals surface area contributed by atoms with Crippen LogP contribution in [0.5, 0.6) is 0 Å². The summed E-state index contributed by atoms with van der Waals surface area (Å²) in [4.78, 5) is 12.5. The van der Waals surface area contributed by atoms with Crippen LogP contribution in [0.3, 0.4) is 0 Å². The second kappa shape index (κ2) is 4.92. The zero-order chi connectivity index (χ0) is 12.4. The highest BCUT2D eigenvalue weighted by Crippen LogP contribution is 2.26. The minimum absolute atomic E-state index is 0.153. The number of nitrogens with zero attached hydrogens (tertiary/aromatic N) is 1. The van der Waals surface area contributed by atoms with Crippen molar-refractivity contribution in [2.75, 3.05) is 5.88 Å². The lowest BCUT2D eigenvalue weighted by molar-refractivity contribution is 0.113. The van der Waals surface area contributed by atoms with Crippen molar-refractivity contribution in [3.8, 4) is 0 Å². The summed E-state index contributed by atoms with van der Waals surface area (Å²) in [6.45, 7) is 0.312. The number of amides is 1. The first-order valence-corrected chi connectivity index (χ1v) is 5.98. The standard InChI is InChI=1S/C12H13ClFNO2/c13-4-3-11-6-9-5-10(14)2-1-8(9)7-15(11)12(16)17/h1-2,5,11H,3-4,6-7H2,(H,16,17). The molecule has 1 amide bonds. The lowest BCUT2D eigenvalue weighted by Gasteiger charge is -2.34. The first-order valence-electron chi connectivity index (χ1n) is 5.44. The zero-order valence-electron chi connectivity index (χ0n) is 9.20. The summed E-state index contributed by atoms with van der Waals surface area (Å²) < 4.78 is 13.1. The van der Waals surface area contributed by atoms with Crippen LogP contribution in [0, 0.1) is 5.82 Å². The van der Waals surface area contributed by atoms with E-state index in [-0.39, 0.29) is 11.9 Å². The third-order valence-corrected chi connectivity index (χ3v) is 3.31. The van der Waals surface area contributed by atoms with Gasteiger partial charge in [-0.25, -0.2) is 9.18 Å². The van der Waals surface area contributed by atoms with Crippen molar-refractivity contribution in [1.82, 2.24) is 4.90 Å². The Balaban J connectivity index is 2.29. The number of alkyl halides is 1. The van der Waals surface area contributed by atoms with E-state index in [2.05, 4.69) is 0 Å². The van der Waals surface area contributed by atoms with Crippen molar-refractivity contribution < 1.29 is 14.3 Å². The van der Waals surface area contributed by atoms with E-state index in [1.807, 2.05) is 0 Å².